The largest absolute Gasteiger partial charge is 0.461 e. The van der Waals surface area contributed by atoms with E-state index >= 15 is 0 Å². The molecule has 0 unspecified atom stereocenters. The highest BCUT2D eigenvalue weighted by Crippen LogP contribution is 2.30. The number of benzene rings is 1. The second-order valence-corrected chi connectivity index (χ2v) is 7.28. The summed E-state index contributed by atoms with van der Waals surface area (Å²) in [5, 5.41) is 9.81. The van der Waals surface area contributed by atoms with Gasteiger partial charge in [-0.15, -0.1) is 0 Å². The number of carbonyl (C=O) groups excluding carboxylic acids is 1. The van der Waals surface area contributed by atoms with Crippen LogP contribution in [-0.4, -0.2) is 48.3 Å². The summed E-state index contributed by atoms with van der Waals surface area (Å²) in [4.78, 5) is 24.3. The minimum absolute atomic E-state index is 0.0997. The van der Waals surface area contributed by atoms with E-state index in [2.05, 4.69) is 11.1 Å². The van der Waals surface area contributed by atoms with Crippen molar-refractivity contribution in [3.05, 3.63) is 30.0 Å². The van der Waals surface area contributed by atoms with Gasteiger partial charge in [0, 0.05) is 13.1 Å². The Morgan fingerprint density at radius 1 is 1.14 bits per heavy atom. The van der Waals surface area contributed by atoms with E-state index in [-0.39, 0.29) is 6.10 Å². The van der Waals surface area contributed by atoms with Gasteiger partial charge >= 0.3 is 5.97 Å². The SMILES string of the molecule is N#C[C@H](C(=O)OC1CCCCC1)c1nc2ccccc2nc1N1CCOCC1. The number of ether oxygens (including phenoxy) is 2. The lowest BCUT2D eigenvalue weighted by Crippen LogP contribution is -2.38. The zero-order valence-corrected chi connectivity index (χ0v) is 15.8. The maximum absolute atomic E-state index is 12.9. The number of nitriles is 1. The normalized spacial score (nSPS) is 19.2. The predicted molar refractivity (Wildman–Crippen MR) is 104 cm³/mol. The van der Waals surface area contributed by atoms with Crippen molar-refractivity contribution in [2.45, 2.75) is 44.1 Å². The van der Waals surface area contributed by atoms with E-state index in [9.17, 15) is 10.1 Å². The first-order valence-electron chi connectivity index (χ1n) is 9.96. The summed E-state index contributed by atoms with van der Waals surface area (Å²) < 4.78 is 11.1. The standard InChI is InChI=1S/C21H24N4O3/c22-14-16(21(26)28-15-6-2-1-3-7-15)19-20(25-10-12-27-13-11-25)24-18-9-5-4-8-17(18)23-19/h4-5,8-9,15-16H,1-3,6-7,10-13H2/t16-/m0/s1. The molecular weight excluding hydrogens is 356 g/mol. The van der Waals surface area contributed by atoms with Crippen LogP contribution in [0.4, 0.5) is 5.82 Å². The van der Waals surface area contributed by atoms with Crippen molar-refractivity contribution in [1.82, 2.24) is 9.97 Å². The molecule has 0 radical (unpaired) electrons. The number of hydrogen-bond donors (Lipinski definition) is 0. The molecule has 0 amide bonds. The number of morpholine rings is 1. The fourth-order valence-electron chi connectivity index (χ4n) is 3.85. The number of hydrogen-bond acceptors (Lipinski definition) is 7. The Morgan fingerprint density at radius 2 is 1.82 bits per heavy atom. The van der Waals surface area contributed by atoms with Gasteiger partial charge in [0.05, 0.1) is 30.3 Å². The fraction of sp³-hybridized carbons (Fsp3) is 0.524. The van der Waals surface area contributed by atoms with Crippen LogP contribution in [0, 0.1) is 11.3 Å². The van der Waals surface area contributed by atoms with Gasteiger partial charge in [0.1, 0.15) is 11.8 Å². The minimum atomic E-state index is -1.09. The van der Waals surface area contributed by atoms with Crippen molar-refractivity contribution in [2.24, 2.45) is 0 Å². The molecule has 28 heavy (non-hydrogen) atoms. The molecule has 2 heterocycles. The molecule has 1 aromatic carbocycles. The molecule has 0 spiro atoms. The van der Waals surface area contributed by atoms with Gasteiger partial charge < -0.3 is 14.4 Å². The Morgan fingerprint density at radius 3 is 2.50 bits per heavy atom. The molecule has 1 aliphatic heterocycles. The van der Waals surface area contributed by atoms with Crippen LogP contribution in [-0.2, 0) is 14.3 Å². The number of para-hydroxylation sites is 2. The second-order valence-electron chi connectivity index (χ2n) is 7.28. The van der Waals surface area contributed by atoms with Gasteiger partial charge in [0.2, 0.25) is 0 Å². The molecule has 1 saturated carbocycles. The van der Waals surface area contributed by atoms with E-state index in [0.717, 1.165) is 31.2 Å². The van der Waals surface area contributed by atoms with E-state index in [1.807, 2.05) is 29.2 Å². The molecular formula is C21H24N4O3. The van der Waals surface area contributed by atoms with Crippen LogP contribution in [0.15, 0.2) is 24.3 Å². The van der Waals surface area contributed by atoms with Crippen molar-refractivity contribution in [3.8, 4) is 6.07 Å². The quantitative estimate of drug-likeness (QED) is 0.754. The molecule has 7 heteroatoms. The van der Waals surface area contributed by atoms with Crippen LogP contribution in [0.2, 0.25) is 0 Å². The van der Waals surface area contributed by atoms with E-state index in [4.69, 9.17) is 14.5 Å². The lowest BCUT2D eigenvalue weighted by atomic mass is 9.97. The van der Waals surface area contributed by atoms with Crippen LogP contribution in [0.1, 0.15) is 43.7 Å². The number of anilines is 1. The van der Waals surface area contributed by atoms with Crippen LogP contribution < -0.4 is 4.90 Å². The van der Waals surface area contributed by atoms with Gasteiger partial charge in [-0.3, -0.25) is 4.79 Å². The third kappa shape index (κ3) is 3.92. The Hall–Kier alpha value is -2.72. The average molecular weight is 380 g/mol. The van der Waals surface area contributed by atoms with Gasteiger partial charge in [-0.05, 0) is 37.8 Å². The molecule has 4 rings (SSSR count). The maximum atomic E-state index is 12.9. The molecule has 2 aliphatic rings. The third-order valence-electron chi connectivity index (χ3n) is 5.36. The summed E-state index contributed by atoms with van der Waals surface area (Å²) in [6.07, 6.45) is 4.92. The number of carbonyl (C=O) groups is 1. The smallest absolute Gasteiger partial charge is 0.329 e. The molecule has 2 fully saturated rings. The molecule has 146 valence electrons. The van der Waals surface area contributed by atoms with Gasteiger partial charge in [-0.1, -0.05) is 18.6 Å². The summed E-state index contributed by atoms with van der Waals surface area (Å²) in [6.45, 7) is 2.46. The van der Waals surface area contributed by atoms with Gasteiger partial charge in [0.25, 0.3) is 0 Å². The number of aromatic nitrogens is 2. The van der Waals surface area contributed by atoms with Crippen molar-refractivity contribution in [3.63, 3.8) is 0 Å². The average Bonchev–Trinajstić information content (AvgIpc) is 2.75. The molecule has 7 nitrogen and oxygen atoms in total. The number of rotatable bonds is 4. The molecule has 1 saturated heterocycles. The lowest BCUT2D eigenvalue weighted by molar-refractivity contribution is -0.150. The van der Waals surface area contributed by atoms with E-state index in [1.165, 1.54) is 6.42 Å². The summed E-state index contributed by atoms with van der Waals surface area (Å²) in [5.74, 6) is -1.03. The van der Waals surface area contributed by atoms with Crippen LogP contribution in [0.25, 0.3) is 11.0 Å². The Bertz CT molecular complexity index is 883. The molecule has 1 atom stereocenters. The Labute approximate surface area is 164 Å². The molecule has 0 bridgehead atoms. The van der Waals surface area contributed by atoms with Gasteiger partial charge in [-0.2, -0.15) is 5.26 Å². The highest BCUT2D eigenvalue weighted by Gasteiger charge is 2.32. The highest BCUT2D eigenvalue weighted by molar-refractivity contribution is 5.85. The Balaban J connectivity index is 1.69. The van der Waals surface area contributed by atoms with Gasteiger partial charge in [-0.25, -0.2) is 9.97 Å². The van der Waals surface area contributed by atoms with E-state index in [0.29, 0.717) is 43.3 Å². The van der Waals surface area contributed by atoms with Gasteiger partial charge in [0.15, 0.2) is 11.7 Å². The molecule has 0 N–H and O–H groups in total. The topological polar surface area (TPSA) is 88.3 Å². The van der Waals surface area contributed by atoms with Crippen molar-refractivity contribution in [1.29, 1.82) is 5.26 Å². The summed E-state index contributed by atoms with van der Waals surface area (Å²) in [7, 11) is 0. The maximum Gasteiger partial charge on any atom is 0.329 e. The van der Waals surface area contributed by atoms with Crippen molar-refractivity contribution >= 4 is 22.8 Å². The van der Waals surface area contributed by atoms with Crippen molar-refractivity contribution < 1.29 is 14.3 Å². The summed E-state index contributed by atoms with van der Waals surface area (Å²) in [5.41, 5.74) is 1.79. The third-order valence-corrected chi connectivity index (χ3v) is 5.36. The van der Waals surface area contributed by atoms with Crippen LogP contribution in [0.5, 0.6) is 0 Å². The first kappa shape index (κ1) is 18.6. The molecule has 2 aromatic rings. The summed E-state index contributed by atoms with van der Waals surface area (Å²) >= 11 is 0. The second kappa shape index (κ2) is 8.53. The predicted octanol–water partition coefficient (Wildman–Crippen LogP) is 2.95. The van der Waals surface area contributed by atoms with Crippen LogP contribution >= 0.6 is 0 Å². The molecule has 1 aliphatic carbocycles. The van der Waals surface area contributed by atoms with E-state index in [1.54, 1.807) is 0 Å². The first-order chi connectivity index (χ1) is 13.8. The number of fused-ring (bicyclic) bond motifs is 1. The van der Waals surface area contributed by atoms with Crippen molar-refractivity contribution in [2.75, 3.05) is 31.2 Å². The highest BCUT2D eigenvalue weighted by atomic mass is 16.5. The minimum Gasteiger partial charge on any atom is -0.461 e. The summed E-state index contributed by atoms with van der Waals surface area (Å²) in [6, 6.07) is 9.62. The van der Waals surface area contributed by atoms with Crippen LogP contribution in [0.3, 0.4) is 0 Å². The zero-order chi connectivity index (χ0) is 19.3. The molecule has 1 aromatic heterocycles. The monoisotopic (exact) mass is 380 g/mol. The lowest BCUT2D eigenvalue weighted by Gasteiger charge is -2.30. The zero-order valence-electron chi connectivity index (χ0n) is 15.8. The number of nitrogens with zero attached hydrogens (tertiary/aromatic N) is 4. The number of esters is 1. The Kier molecular flexibility index (Phi) is 5.68. The first-order valence-corrected chi connectivity index (χ1v) is 9.96. The fourth-order valence-corrected chi connectivity index (χ4v) is 3.85. The van der Waals surface area contributed by atoms with E-state index < -0.39 is 11.9 Å².